The van der Waals surface area contributed by atoms with Crippen LogP contribution >= 0.6 is 0 Å². The molecule has 0 N–H and O–H groups in total. The Morgan fingerprint density at radius 2 is 1.67 bits per heavy atom. The van der Waals surface area contributed by atoms with Gasteiger partial charge in [0.15, 0.2) is 0 Å². The first-order chi connectivity index (χ1) is 11.8. The molecule has 2 aromatic carbocycles. The normalized spacial score (nSPS) is 14.9. The number of ether oxygens (including phenoxy) is 1. The highest BCUT2D eigenvalue weighted by molar-refractivity contribution is 5.89. The van der Waals surface area contributed by atoms with Gasteiger partial charge < -0.3 is 14.5 Å². The first kappa shape index (κ1) is 14.8. The minimum absolute atomic E-state index is 0.900. The van der Waals surface area contributed by atoms with Crippen LogP contribution in [0.5, 0.6) is 5.75 Å². The fourth-order valence-corrected chi connectivity index (χ4v) is 3.23. The third-order valence-electron chi connectivity index (χ3n) is 4.52. The van der Waals surface area contributed by atoms with E-state index in [1.165, 1.54) is 5.69 Å². The van der Waals surface area contributed by atoms with Gasteiger partial charge >= 0.3 is 0 Å². The largest absolute Gasteiger partial charge is 0.497 e. The molecule has 24 heavy (non-hydrogen) atoms. The molecule has 0 radical (unpaired) electrons. The van der Waals surface area contributed by atoms with Crippen LogP contribution in [0.1, 0.15) is 0 Å². The molecule has 1 aliphatic rings. The number of hydrogen-bond acceptors (Lipinski definition) is 5. The van der Waals surface area contributed by atoms with Gasteiger partial charge in [-0.15, -0.1) is 0 Å². The minimum atomic E-state index is 0.900. The standard InChI is InChI=1S/C19H20N4O/c1-24-16-6-4-5-15(13-16)22-9-11-23(12-10-22)19-17-7-2-3-8-18(17)20-14-21-19/h2-8,13-14H,9-12H2,1H3. The maximum absolute atomic E-state index is 5.33. The molecule has 3 aromatic rings. The number of fused-ring (bicyclic) bond motifs is 1. The van der Waals surface area contributed by atoms with Crippen LogP contribution in [0.4, 0.5) is 11.5 Å². The van der Waals surface area contributed by atoms with Crippen LogP contribution in [0.25, 0.3) is 10.9 Å². The SMILES string of the molecule is COc1cccc(N2CCN(c3ncnc4ccccc34)CC2)c1. The zero-order valence-corrected chi connectivity index (χ0v) is 13.7. The molecular weight excluding hydrogens is 300 g/mol. The van der Waals surface area contributed by atoms with Crippen molar-refractivity contribution >= 4 is 22.4 Å². The number of para-hydroxylation sites is 1. The first-order valence-electron chi connectivity index (χ1n) is 8.19. The summed E-state index contributed by atoms with van der Waals surface area (Å²) in [5.74, 6) is 1.93. The van der Waals surface area contributed by atoms with E-state index in [1.54, 1.807) is 13.4 Å². The van der Waals surface area contributed by atoms with Crippen LogP contribution in [0.15, 0.2) is 54.9 Å². The molecule has 0 atom stereocenters. The summed E-state index contributed by atoms with van der Waals surface area (Å²) < 4.78 is 5.33. The van der Waals surface area contributed by atoms with E-state index in [-0.39, 0.29) is 0 Å². The molecule has 0 spiro atoms. The van der Waals surface area contributed by atoms with Gasteiger partial charge in [-0.2, -0.15) is 0 Å². The quantitative estimate of drug-likeness (QED) is 0.742. The highest BCUT2D eigenvalue weighted by atomic mass is 16.5. The molecule has 4 rings (SSSR count). The molecular formula is C19H20N4O. The highest BCUT2D eigenvalue weighted by Gasteiger charge is 2.20. The number of hydrogen-bond donors (Lipinski definition) is 0. The summed E-state index contributed by atoms with van der Waals surface area (Å²) in [5, 5.41) is 1.12. The Bertz CT molecular complexity index is 838. The predicted molar refractivity (Wildman–Crippen MR) is 97.0 cm³/mol. The van der Waals surface area contributed by atoms with Gasteiger partial charge in [0.2, 0.25) is 0 Å². The van der Waals surface area contributed by atoms with Crippen LogP contribution in [-0.2, 0) is 0 Å². The number of anilines is 2. The molecule has 0 amide bonds. The van der Waals surface area contributed by atoms with Crippen molar-refractivity contribution in [3.8, 4) is 5.75 Å². The Hall–Kier alpha value is -2.82. The van der Waals surface area contributed by atoms with E-state index in [0.717, 1.165) is 48.6 Å². The van der Waals surface area contributed by atoms with Crippen molar-refractivity contribution < 1.29 is 4.74 Å². The van der Waals surface area contributed by atoms with Gasteiger partial charge in [0.25, 0.3) is 0 Å². The summed E-state index contributed by atoms with van der Waals surface area (Å²) in [6.07, 6.45) is 1.66. The Kier molecular flexibility index (Phi) is 3.91. The lowest BCUT2D eigenvalue weighted by Crippen LogP contribution is -2.46. The number of aromatic nitrogens is 2. The molecule has 5 nitrogen and oxygen atoms in total. The molecule has 5 heteroatoms. The first-order valence-corrected chi connectivity index (χ1v) is 8.19. The van der Waals surface area contributed by atoms with Crippen molar-refractivity contribution in [2.75, 3.05) is 43.1 Å². The number of piperazine rings is 1. The van der Waals surface area contributed by atoms with Crippen molar-refractivity contribution in [1.29, 1.82) is 0 Å². The second-order valence-electron chi connectivity index (χ2n) is 5.89. The third-order valence-corrected chi connectivity index (χ3v) is 4.52. The summed E-state index contributed by atoms with van der Waals surface area (Å²) in [7, 11) is 1.71. The summed E-state index contributed by atoms with van der Waals surface area (Å²) in [6.45, 7) is 3.81. The van der Waals surface area contributed by atoms with Gasteiger partial charge in [0, 0.05) is 43.3 Å². The molecule has 1 aliphatic heterocycles. The third kappa shape index (κ3) is 2.73. The summed E-state index contributed by atoms with van der Waals surface area (Å²) in [5.41, 5.74) is 2.21. The Morgan fingerprint density at radius 1 is 0.875 bits per heavy atom. The molecule has 1 saturated heterocycles. The zero-order chi connectivity index (χ0) is 16.4. The van der Waals surface area contributed by atoms with Crippen LogP contribution in [0.3, 0.4) is 0 Å². The van der Waals surface area contributed by atoms with E-state index >= 15 is 0 Å². The Labute approximate surface area is 141 Å². The van der Waals surface area contributed by atoms with Crippen molar-refractivity contribution in [2.45, 2.75) is 0 Å². The molecule has 122 valence electrons. The second-order valence-corrected chi connectivity index (χ2v) is 5.89. The molecule has 1 aromatic heterocycles. The lowest BCUT2D eigenvalue weighted by atomic mass is 10.2. The maximum Gasteiger partial charge on any atom is 0.140 e. The van der Waals surface area contributed by atoms with Gasteiger partial charge in [0.1, 0.15) is 17.9 Å². The van der Waals surface area contributed by atoms with Gasteiger partial charge in [0.05, 0.1) is 12.6 Å². The van der Waals surface area contributed by atoms with Crippen molar-refractivity contribution in [3.05, 3.63) is 54.9 Å². The highest BCUT2D eigenvalue weighted by Crippen LogP contribution is 2.26. The van der Waals surface area contributed by atoms with Gasteiger partial charge in [-0.25, -0.2) is 9.97 Å². The van der Waals surface area contributed by atoms with E-state index in [1.807, 2.05) is 30.3 Å². The Balaban J connectivity index is 1.53. The van der Waals surface area contributed by atoms with E-state index in [2.05, 4.69) is 38.0 Å². The lowest BCUT2D eigenvalue weighted by Gasteiger charge is -2.37. The van der Waals surface area contributed by atoms with Gasteiger partial charge in [-0.1, -0.05) is 18.2 Å². The maximum atomic E-state index is 5.33. The van der Waals surface area contributed by atoms with Crippen LogP contribution in [-0.4, -0.2) is 43.3 Å². The lowest BCUT2D eigenvalue weighted by molar-refractivity contribution is 0.414. The van der Waals surface area contributed by atoms with E-state index in [9.17, 15) is 0 Å². The minimum Gasteiger partial charge on any atom is -0.497 e. The molecule has 0 bridgehead atoms. The van der Waals surface area contributed by atoms with E-state index in [0.29, 0.717) is 0 Å². The van der Waals surface area contributed by atoms with Crippen LogP contribution < -0.4 is 14.5 Å². The van der Waals surface area contributed by atoms with Gasteiger partial charge in [-0.05, 0) is 24.3 Å². The summed E-state index contributed by atoms with van der Waals surface area (Å²) >= 11 is 0. The zero-order valence-electron chi connectivity index (χ0n) is 13.7. The Morgan fingerprint density at radius 3 is 2.50 bits per heavy atom. The average Bonchev–Trinajstić information content (AvgIpc) is 2.68. The molecule has 0 unspecified atom stereocenters. The summed E-state index contributed by atoms with van der Waals surface area (Å²) in [6, 6.07) is 16.4. The number of methoxy groups -OCH3 is 1. The monoisotopic (exact) mass is 320 g/mol. The fraction of sp³-hybridized carbons (Fsp3) is 0.263. The smallest absolute Gasteiger partial charge is 0.140 e. The topological polar surface area (TPSA) is 41.5 Å². The van der Waals surface area contributed by atoms with Crippen molar-refractivity contribution in [1.82, 2.24) is 9.97 Å². The average molecular weight is 320 g/mol. The van der Waals surface area contributed by atoms with Gasteiger partial charge in [-0.3, -0.25) is 0 Å². The van der Waals surface area contributed by atoms with Crippen LogP contribution in [0, 0.1) is 0 Å². The molecule has 0 saturated carbocycles. The van der Waals surface area contributed by atoms with Crippen molar-refractivity contribution in [3.63, 3.8) is 0 Å². The van der Waals surface area contributed by atoms with E-state index in [4.69, 9.17) is 4.74 Å². The summed E-state index contributed by atoms with van der Waals surface area (Å²) in [4.78, 5) is 13.6. The van der Waals surface area contributed by atoms with Crippen molar-refractivity contribution in [2.24, 2.45) is 0 Å². The molecule has 2 heterocycles. The van der Waals surface area contributed by atoms with E-state index < -0.39 is 0 Å². The predicted octanol–water partition coefficient (Wildman–Crippen LogP) is 2.97. The fourth-order valence-electron chi connectivity index (χ4n) is 3.23. The number of nitrogens with zero attached hydrogens (tertiary/aromatic N) is 4. The number of rotatable bonds is 3. The van der Waals surface area contributed by atoms with Crippen LogP contribution in [0.2, 0.25) is 0 Å². The number of benzene rings is 2. The second kappa shape index (κ2) is 6.35. The molecule has 0 aliphatic carbocycles. The molecule has 1 fully saturated rings.